The van der Waals surface area contributed by atoms with E-state index in [0.29, 0.717) is 0 Å². The van der Waals surface area contributed by atoms with Crippen molar-refractivity contribution in [3.63, 3.8) is 0 Å². The van der Waals surface area contributed by atoms with Crippen LogP contribution < -0.4 is 0 Å². The minimum Gasteiger partial charge on any atom is -0.504 e. The fourth-order valence-electron chi connectivity index (χ4n) is 1.47. The van der Waals surface area contributed by atoms with Gasteiger partial charge in [0.2, 0.25) is 0 Å². The molecule has 0 aliphatic heterocycles. The molecule has 0 rings (SSSR count). The zero-order valence-corrected chi connectivity index (χ0v) is 10.8. The van der Waals surface area contributed by atoms with Crippen molar-refractivity contribution in [1.29, 1.82) is 0 Å². The molecule has 0 aromatic rings. The van der Waals surface area contributed by atoms with Crippen molar-refractivity contribution >= 4 is 0 Å². The predicted octanol–water partition coefficient (Wildman–Crippen LogP) is 5.01. The van der Waals surface area contributed by atoms with Gasteiger partial charge in [-0.05, 0) is 18.9 Å². The monoisotopic (exact) mass is 222 g/mol. The molecule has 0 saturated heterocycles. The average Bonchev–Trinajstić information content (AvgIpc) is 2.31. The van der Waals surface area contributed by atoms with Crippen molar-refractivity contribution in [2.24, 2.45) is 0 Å². The highest BCUT2D eigenvalue weighted by molar-refractivity contribution is 5.09. The van der Waals surface area contributed by atoms with Gasteiger partial charge in [-0.1, -0.05) is 63.3 Å². The number of unbranched alkanes of at least 4 members (excludes halogenated alkanes) is 6. The fraction of sp³-hybridized carbons (Fsp3) is 0.600. The maximum atomic E-state index is 4.78. The Bertz CT molecular complexity index is 201. The van der Waals surface area contributed by atoms with Crippen LogP contribution in [0.2, 0.25) is 0 Å². The first-order valence-corrected chi connectivity index (χ1v) is 6.43. The van der Waals surface area contributed by atoms with Gasteiger partial charge in [0, 0.05) is 0 Å². The molecule has 0 atom stereocenters. The zero-order chi connectivity index (χ0) is 11.9. The number of methoxy groups -OCH3 is 1. The lowest BCUT2D eigenvalue weighted by molar-refractivity contribution is 0.338. The van der Waals surface area contributed by atoms with Crippen molar-refractivity contribution in [2.45, 2.75) is 51.9 Å². The summed E-state index contributed by atoms with van der Waals surface area (Å²) >= 11 is 0. The molecule has 0 aliphatic rings. The Labute approximate surface area is 101 Å². The van der Waals surface area contributed by atoms with E-state index in [0.717, 1.165) is 0 Å². The van der Waals surface area contributed by atoms with E-state index in [1.807, 2.05) is 18.2 Å². The summed E-state index contributed by atoms with van der Waals surface area (Å²) in [6.45, 7) is 2.26. The molecule has 0 N–H and O–H groups in total. The van der Waals surface area contributed by atoms with Gasteiger partial charge >= 0.3 is 0 Å². The van der Waals surface area contributed by atoms with E-state index in [-0.39, 0.29) is 0 Å². The van der Waals surface area contributed by atoms with Crippen LogP contribution in [0.3, 0.4) is 0 Å². The van der Waals surface area contributed by atoms with E-state index >= 15 is 0 Å². The number of hydrogen-bond acceptors (Lipinski definition) is 1. The second kappa shape index (κ2) is 14.0. The van der Waals surface area contributed by atoms with Crippen LogP contribution in [0, 0.1) is 0 Å². The smallest absolute Gasteiger partial charge is 0.0824 e. The Morgan fingerprint density at radius 3 is 2.25 bits per heavy atom. The second-order valence-corrected chi connectivity index (χ2v) is 3.93. The summed E-state index contributed by atoms with van der Waals surface area (Å²) in [5.41, 5.74) is 0. The standard InChI is InChI=1S/C15H26O/c1-3-4-5-6-7-8-9-10-11-12-13-14-15-16-2/h10-15H,3-9H2,1-2H3. The molecule has 16 heavy (non-hydrogen) atoms. The molecule has 0 unspecified atom stereocenters. The summed E-state index contributed by atoms with van der Waals surface area (Å²) in [4.78, 5) is 0. The molecule has 0 aliphatic carbocycles. The molecule has 0 amide bonds. The first kappa shape index (κ1) is 15.0. The molecule has 0 aromatic carbocycles. The molecule has 1 nitrogen and oxygen atoms in total. The van der Waals surface area contributed by atoms with E-state index in [1.54, 1.807) is 13.4 Å². The first-order chi connectivity index (χ1) is 7.91. The maximum absolute atomic E-state index is 4.78. The Hall–Kier alpha value is -0.980. The van der Waals surface area contributed by atoms with Crippen molar-refractivity contribution < 1.29 is 4.74 Å². The maximum Gasteiger partial charge on any atom is 0.0824 e. The van der Waals surface area contributed by atoms with E-state index in [4.69, 9.17) is 4.74 Å². The third-order valence-corrected chi connectivity index (χ3v) is 2.41. The van der Waals surface area contributed by atoms with Gasteiger partial charge in [-0.3, -0.25) is 0 Å². The summed E-state index contributed by atoms with van der Waals surface area (Å²) < 4.78 is 4.78. The molecule has 0 bridgehead atoms. The highest BCUT2D eigenvalue weighted by atomic mass is 16.5. The summed E-state index contributed by atoms with van der Waals surface area (Å²) in [5, 5.41) is 0. The van der Waals surface area contributed by atoms with Crippen molar-refractivity contribution in [1.82, 2.24) is 0 Å². The third kappa shape index (κ3) is 13.0. The summed E-state index contributed by atoms with van der Waals surface area (Å²) in [5.74, 6) is 0. The van der Waals surface area contributed by atoms with Gasteiger partial charge in [-0.25, -0.2) is 0 Å². The van der Waals surface area contributed by atoms with Crippen molar-refractivity contribution in [3.05, 3.63) is 36.6 Å². The average molecular weight is 222 g/mol. The Morgan fingerprint density at radius 2 is 1.50 bits per heavy atom. The van der Waals surface area contributed by atoms with Crippen LogP contribution in [0.1, 0.15) is 51.9 Å². The first-order valence-electron chi connectivity index (χ1n) is 6.43. The largest absolute Gasteiger partial charge is 0.504 e. The lowest BCUT2D eigenvalue weighted by Crippen LogP contribution is -1.77. The number of rotatable bonds is 10. The molecular weight excluding hydrogens is 196 g/mol. The number of ether oxygens (including phenoxy) is 1. The second-order valence-electron chi connectivity index (χ2n) is 3.93. The summed E-state index contributed by atoms with van der Waals surface area (Å²) in [6, 6.07) is 0. The molecular formula is C15H26O. The molecule has 0 spiro atoms. The van der Waals surface area contributed by atoms with Gasteiger partial charge in [-0.2, -0.15) is 0 Å². The zero-order valence-electron chi connectivity index (χ0n) is 10.8. The normalized spacial score (nSPS) is 12.1. The Kier molecular flexibility index (Phi) is 13.2. The van der Waals surface area contributed by atoms with Gasteiger partial charge in [0.25, 0.3) is 0 Å². The van der Waals surface area contributed by atoms with Gasteiger partial charge < -0.3 is 4.74 Å². The van der Waals surface area contributed by atoms with Crippen molar-refractivity contribution in [3.8, 4) is 0 Å². The topological polar surface area (TPSA) is 9.23 Å². The van der Waals surface area contributed by atoms with Crippen LogP contribution in [-0.4, -0.2) is 7.11 Å². The molecule has 0 aromatic heterocycles. The van der Waals surface area contributed by atoms with E-state index in [1.165, 1.54) is 44.9 Å². The Morgan fingerprint density at radius 1 is 0.812 bits per heavy atom. The van der Waals surface area contributed by atoms with Crippen LogP contribution in [0.25, 0.3) is 0 Å². The summed E-state index contributed by atoms with van der Waals surface area (Å²) in [7, 11) is 1.65. The molecule has 92 valence electrons. The van der Waals surface area contributed by atoms with Gasteiger partial charge in [-0.15, -0.1) is 0 Å². The van der Waals surface area contributed by atoms with E-state index < -0.39 is 0 Å². The Balaban J connectivity index is 3.21. The van der Waals surface area contributed by atoms with E-state index in [2.05, 4.69) is 19.1 Å². The fourth-order valence-corrected chi connectivity index (χ4v) is 1.47. The molecule has 0 heterocycles. The lowest BCUT2D eigenvalue weighted by atomic mass is 10.1. The van der Waals surface area contributed by atoms with Gasteiger partial charge in [0.15, 0.2) is 0 Å². The minimum atomic E-state index is 1.20. The van der Waals surface area contributed by atoms with E-state index in [9.17, 15) is 0 Å². The molecule has 0 radical (unpaired) electrons. The van der Waals surface area contributed by atoms with Crippen LogP contribution >= 0.6 is 0 Å². The van der Waals surface area contributed by atoms with Crippen LogP contribution in [0.4, 0.5) is 0 Å². The molecule has 0 saturated carbocycles. The SMILES string of the molecule is CCCCCCCCC=CC=CC=COC. The van der Waals surface area contributed by atoms with Crippen LogP contribution in [0.5, 0.6) is 0 Å². The number of hydrogen-bond donors (Lipinski definition) is 0. The highest BCUT2D eigenvalue weighted by Crippen LogP contribution is 2.07. The van der Waals surface area contributed by atoms with Crippen LogP contribution in [0.15, 0.2) is 36.6 Å². The van der Waals surface area contributed by atoms with Gasteiger partial charge in [0.05, 0.1) is 13.4 Å². The minimum absolute atomic E-state index is 1.20. The summed E-state index contributed by atoms with van der Waals surface area (Å²) in [6.07, 6.45) is 21.3. The lowest BCUT2D eigenvalue weighted by Gasteiger charge is -1.97. The predicted molar refractivity (Wildman–Crippen MR) is 72.4 cm³/mol. The highest BCUT2D eigenvalue weighted by Gasteiger charge is 1.87. The molecule has 1 heteroatoms. The van der Waals surface area contributed by atoms with Crippen LogP contribution in [-0.2, 0) is 4.74 Å². The quantitative estimate of drug-likeness (QED) is 0.287. The molecule has 0 fully saturated rings. The third-order valence-electron chi connectivity index (χ3n) is 2.41. The van der Waals surface area contributed by atoms with Crippen molar-refractivity contribution in [2.75, 3.05) is 7.11 Å². The number of allylic oxidation sites excluding steroid dienone is 5. The van der Waals surface area contributed by atoms with Gasteiger partial charge in [0.1, 0.15) is 0 Å².